The Balaban J connectivity index is 1.44. The van der Waals surface area contributed by atoms with Crippen LogP contribution >= 0.6 is 0 Å². The molecule has 1 aromatic carbocycles. The van der Waals surface area contributed by atoms with Gasteiger partial charge in [0.2, 0.25) is 47.3 Å². The third-order valence-corrected chi connectivity index (χ3v) is 15.6. The van der Waals surface area contributed by atoms with Gasteiger partial charge in [-0.3, -0.25) is 62.0 Å². The summed E-state index contributed by atoms with van der Waals surface area (Å²) in [6.45, 7) is 2.41. The molecule has 0 radical (unpaired) electrons. The number of nitrogens with two attached hydrogens (primary N) is 1. The van der Waals surface area contributed by atoms with Gasteiger partial charge in [0.25, 0.3) is 11.8 Å². The van der Waals surface area contributed by atoms with E-state index in [0.717, 1.165) is 4.90 Å². The summed E-state index contributed by atoms with van der Waals surface area (Å²) in [7, 11) is -2.38. The van der Waals surface area contributed by atoms with Crippen molar-refractivity contribution in [2.24, 2.45) is 17.6 Å². The molecule has 5 heterocycles. The van der Waals surface area contributed by atoms with Gasteiger partial charge in [-0.2, -0.15) is 0 Å². The maximum Gasteiger partial charge on any atom is 0.253 e. The Hall–Kier alpha value is -6.85. The van der Waals surface area contributed by atoms with Crippen LogP contribution in [0.4, 0.5) is 0 Å². The van der Waals surface area contributed by atoms with Gasteiger partial charge in [0.15, 0.2) is 0 Å². The molecule has 6 rings (SSSR count). The van der Waals surface area contributed by atoms with E-state index in [0.29, 0.717) is 43.2 Å². The van der Waals surface area contributed by atoms with E-state index >= 15 is 0 Å². The Kier molecular flexibility index (Phi) is 20.8. The number of ether oxygens (including phenoxy) is 1. The van der Waals surface area contributed by atoms with Gasteiger partial charge in [-0.25, -0.2) is 0 Å². The van der Waals surface area contributed by atoms with Gasteiger partial charge in [-0.05, 0) is 42.9 Å². The normalized spacial score (nSPS) is 27.8. The van der Waals surface area contributed by atoms with E-state index in [2.05, 4.69) is 42.2 Å². The predicted octanol–water partition coefficient (Wildman–Crippen LogP) is -4.97. The number of fused-ring (bicyclic) bond motifs is 5. The number of imide groups is 1. The van der Waals surface area contributed by atoms with Crippen molar-refractivity contribution in [1.29, 1.82) is 0 Å². The summed E-state index contributed by atoms with van der Waals surface area (Å²) in [5, 5.41) is 61.3. The van der Waals surface area contributed by atoms with Crippen LogP contribution in [-0.2, 0) is 65.2 Å². The summed E-state index contributed by atoms with van der Waals surface area (Å²) in [5.74, 6) is -10.8. The van der Waals surface area contributed by atoms with E-state index in [9.17, 15) is 72.6 Å². The lowest BCUT2D eigenvalue weighted by Gasteiger charge is -2.36. The number of aliphatic hydroxyl groups excluding tert-OH is 4. The number of primary amides is 1. The van der Waals surface area contributed by atoms with Gasteiger partial charge < -0.3 is 73.1 Å². The highest BCUT2D eigenvalue weighted by molar-refractivity contribution is 7.85. The van der Waals surface area contributed by atoms with Crippen molar-refractivity contribution in [2.45, 2.75) is 132 Å². The van der Waals surface area contributed by atoms with Crippen LogP contribution < -0.4 is 47.7 Å². The highest BCUT2D eigenvalue weighted by atomic mass is 32.2. The first-order valence-electron chi connectivity index (χ1n) is 25.5. The topological polar surface area (TPSA) is 410 Å². The van der Waals surface area contributed by atoms with Crippen LogP contribution in [0.1, 0.15) is 71.3 Å². The lowest BCUT2D eigenvalue weighted by molar-refractivity contribution is -0.139. The summed E-state index contributed by atoms with van der Waals surface area (Å²) in [6.07, 6.45) is -1.20. The van der Waals surface area contributed by atoms with Gasteiger partial charge in [0.1, 0.15) is 41.2 Å². The van der Waals surface area contributed by atoms with E-state index in [1.807, 2.05) is 0 Å². The second-order valence-corrected chi connectivity index (χ2v) is 21.2. The molecule has 1 aromatic heterocycles. The second kappa shape index (κ2) is 27.0. The van der Waals surface area contributed by atoms with Crippen molar-refractivity contribution in [2.75, 3.05) is 45.1 Å². The first-order chi connectivity index (χ1) is 36.6. The maximum absolute atomic E-state index is 15.0. The average Bonchev–Trinajstić information content (AvgIpc) is 4.11. The fraction of sp³-hybridized carbons (Fsp3) is 0.592. The van der Waals surface area contributed by atoms with E-state index in [-0.39, 0.29) is 47.5 Å². The fourth-order valence-electron chi connectivity index (χ4n) is 9.52. The summed E-state index contributed by atoms with van der Waals surface area (Å²) < 4.78 is 21.0. The molecule has 422 valence electrons. The van der Waals surface area contributed by atoms with Crippen LogP contribution in [0.3, 0.4) is 0 Å². The van der Waals surface area contributed by atoms with Crippen LogP contribution in [0.25, 0.3) is 10.9 Å². The molecule has 4 aliphatic heterocycles. The summed E-state index contributed by atoms with van der Waals surface area (Å²) in [6, 6.07) is -4.92. The zero-order valence-corrected chi connectivity index (χ0v) is 43.7. The standard InChI is InChI=1S/C49H69N11O16S/c1-4-24(2)41-46(72)52-19-37(65)53-33-23-77(75)48-29(28-10-9-27(16-30(28)56-48)76-14-8-6-5-7-13-59-39(67)11-12-40(59)68)17-31(43(69)51-20-38(66)57-41)54-47(73)42(25(3)35(63)22-61)58-45(71)34-15-26(62)21-60(34)49(74)32(18-36(50)64)55-44(33)70/h9-12,16,24-26,31-35,41-42,49,56,61-63,74H,4-8,13-15,17-23H2,1-3H3,(H2,50,64)(H,51,69)(H,52,72)(H,53,65)(H,54,73)(H,55,70)(H,57,66)(H,58,71)/t24-,25-,26+,31+,32-,33-,34-,35-,41-,42-,49?,77?/m0/s1. The van der Waals surface area contributed by atoms with Crippen molar-refractivity contribution in [3.63, 3.8) is 0 Å². The molecule has 4 aliphatic rings. The first kappa shape index (κ1) is 59.4. The number of aromatic nitrogens is 1. The SMILES string of the molecule is CC[C@H](C)[C@@H]1NC(=O)CNC(=O)[C@H]2Cc3c([nH]c4cc(OCCCCCCN5C(=O)C=CC5=O)ccc34)S(=O)C[C@H](NC(=O)CNC1=O)C(=O)N[C@@H](CC(N)=O)C(O)N1C[C@H](O)C[C@H]1C(=O)N[C@@H]([C@@H](C)[C@@H](O)CO)C(=O)N2. The molecule has 12 atom stereocenters. The third kappa shape index (κ3) is 15.2. The lowest BCUT2D eigenvalue weighted by atomic mass is 9.93. The molecule has 2 aromatic rings. The second-order valence-electron chi connectivity index (χ2n) is 19.7. The Morgan fingerprint density at radius 1 is 0.818 bits per heavy atom. The molecule has 2 bridgehead atoms. The number of nitrogens with zero attached hydrogens (tertiary/aromatic N) is 2. The minimum absolute atomic E-state index is 0.123. The predicted molar refractivity (Wildman–Crippen MR) is 271 cm³/mol. The lowest BCUT2D eigenvalue weighted by Crippen LogP contribution is -2.63. The van der Waals surface area contributed by atoms with Crippen molar-refractivity contribution in [1.82, 2.24) is 52.0 Å². The number of carbonyl (C=O) groups is 10. The molecule has 77 heavy (non-hydrogen) atoms. The van der Waals surface area contributed by atoms with Gasteiger partial charge in [-0.15, -0.1) is 0 Å². The number of benzene rings is 1. The first-order valence-corrected chi connectivity index (χ1v) is 26.9. The molecule has 0 saturated carbocycles. The number of amides is 10. The van der Waals surface area contributed by atoms with Crippen LogP contribution in [0.5, 0.6) is 5.75 Å². The Morgan fingerprint density at radius 2 is 1.49 bits per heavy atom. The van der Waals surface area contributed by atoms with Crippen LogP contribution in [-0.4, -0.2) is 198 Å². The van der Waals surface area contributed by atoms with Crippen molar-refractivity contribution < 1.29 is 77.3 Å². The fourth-order valence-corrected chi connectivity index (χ4v) is 10.9. The highest BCUT2D eigenvalue weighted by Crippen LogP contribution is 2.31. The number of carbonyl (C=O) groups excluding carboxylic acids is 10. The van der Waals surface area contributed by atoms with Crippen LogP contribution in [0.2, 0.25) is 0 Å². The number of hydrogen-bond donors (Lipinski definition) is 13. The minimum atomic E-state index is -2.38. The largest absolute Gasteiger partial charge is 0.494 e. The average molecular weight is 1100 g/mol. The molecule has 2 unspecified atom stereocenters. The van der Waals surface area contributed by atoms with Crippen molar-refractivity contribution in [3.8, 4) is 5.75 Å². The molecule has 0 aliphatic carbocycles. The molecular weight excluding hydrogens is 1030 g/mol. The summed E-state index contributed by atoms with van der Waals surface area (Å²) in [4.78, 5) is 140. The Morgan fingerprint density at radius 3 is 2.17 bits per heavy atom. The molecule has 1 fully saturated rings. The Labute approximate surface area is 445 Å². The Bertz CT molecular complexity index is 2610. The quantitative estimate of drug-likeness (QED) is 0.0587. The van der Waals surface area contributed by atoms with Gasteiger partial charge in [0.05, 0.1) is 79.1 Å². The van der Waals surface area contributed by atoms with Crippen molar-refractivity contribution >= 4 is 80.8 Å². The van der Waals surface area contributed by atoms with E-state index in [4.69, 9.17) is 10.5 Å². The summed E-state index contributed by atoms with van der Waals surface area (Å²) in [5.41, 5.74) is 6.00. The minimum Gasteiger partial charge on any atom is -0.494 e. The van der Waals surface area contributed by atoms with Crippen LogP contribution in [0.15, 0.2) is 35.4 Å². The summed E-state index contributed by atoms with van der Waals surface area (Å²) >= 11 is 0. The zero-order chi connectivity index (χ0) is 56.2. The van der Waals surface area contributed by atoms with Gasteiger partial charge in [-0.1, -0.05) is 40.0 Å². The number of aliphatic hydroxyl groups is 4. The highest BCUT2D eigenvalue weighted by Gasteiger charge is 2.45. The zero-order valence-electron chi connectivity index (χ0n) is 42.9. The number of hydrogen-bond acceptors (Lipinski definition) is 17. The molecule has 28 heteroatoms. The number of nitrogens with one attached hydrogen (secondary N) is 8. The number of rotatable bonds is 15. The van der Waals surface area contributed by atoms with Gasteiger partial charge >= 0.3 is 0 Å². The third-order valence-electron chi connectivity index (χ3n) is 14.1. The molecule has 0 spiro atoms. The van der Waals surface area contributed by atoms with Crippen molar-refractivity contribution in [3.05, 3.63) is 35.9 Å². The maximum atomic E-state index is 15.0. The van der Waals surface area contributed by atoms with E-state index < -0.39 is 169 Å². The molecule has 27 nitrogen and oxygen atoms in total. The smallest absolute Gasteiger partial charge is 0.253 e. The molecule has 10 amide bonds. The molecular formula is C49H69N11O16S. The number of aromatic amines is 1. The van der Waals surface area contributed by atoms with E-state index in [1.165, 1.54) is 24.0 Å². The van der Waals surface area contributed by atoms with Gasteiger partial charge in [0, 0.05) is 49.0 Å². The molecule has 14 N–H and O–H groups in total. The monoisotopic (exact) mass is 1100 g/mol. The number of unbranched alkanes of at least 4 members (excludes halogenated alkanes) is 3. The van der Waals surface area contributed by atoms with Crippen LogP contribution in [0, 0.1) is 11.8 Å². The number of H-pyrrole nitrogens is 1. The molecule has 1 saturated heterocycles. The van der Waals surface area contributed by atoms with E-state index in [1.54, 1.807) is 32.0 Å².